The Morgan fingerprint density at radius 2 is 1.58 bits per heavy atom. The Labute approximate surface area is 215 Å². The van der Waals surface area contributed by atoms with Crippen molar-refractivity contribution in [1.82, 2.24) is 0 Å². The Bertz CT molecular complexity index is 1370. The molecule has 13 heteroatoms. The van der Waals surface area contributed by atoms with E-state index in [0.717, 1.165) is 0 Å². The van der Waals surface area contributed by atoms with Crippen LogP contribution in [0.4, 0.5) is 0 Å². The minimum Gasteiger partial charge on any atom is -0.504 e. The van der Waals surface area contributed by atoms with E-state index in [9.17, 15) is 30.3 Å². The van der Waals surface area contributed by atoms with E-state index in [1.807, 2.05) is 0 Å². The van der Waals surface area contributed by atoms with Crippen molar-refractivity contribution < 1.29 is 58.4 Å². The SMILES string of the molecule is COc1ccc(OC)c(-c2oc3cc(OC)c(OC)c(O)c3c(=O)c2OC2OC(CO)C(O)C(O)C2O)c1. The maximum atomic E-state index is 13.8. The lowest BCUT2D eigenvalue weighted by Gasteiger charge is -2.39. The lowest BCUT2D eigenvalue weighted by Crippen LogP contribution is -2.60. The number of aliphatic hydroxyl groups excluding tert-OH is 4. The number of aliphatic hydroxyl groups is 4. The molecule has 1 fully saturated rings. The Kier molecular flexibility index (Phi) is 7.85. The second kappa shape index (κ2) is 10.9. The number of aromatic hydroxyl groups is 1. The van der Waals surface area contributed by atoms with Gasteiger partial charge < -0.3 is 58.4 Å². The van der Waals surface area contributed by atoms with Gasteiger partial charge in [0.15, 0.2) is 17.3 Å². The van der Waals surface area contributed by atoms with E-state index in [1.165, 1.54) is 40.6 Å². The Balaban J connectivity index is 2.01. The summed E-state index contributed by atoms with van der Waals surface area (Å²) < 4.78 is 38.4. The molecule has 38 heavy (non-hydrogen) atoms. The van der Waals surface area contributed by atoms with Gasteiger partial charge in [0.05, 0.1) is 40.6 Å². The average molecular weight is 536 g/mol. The Hall–Kier alpha value is -3.75. The van der Waals surface area contributed by atoms with E-state index in [0.29, 0.717) is 5.75 Å². The molecule has 5 atom stereocenters. The molecule has 5 unspecified atom stereocenters. The Morgan fingerprint density at radius 1 is 0.868 bits per heavy atom. The third-order valence-electron chi connectivity index (χ3n) is 6.19. The highest BCUT2D eigenvalue weighted by atomic mass is 16.7. The number of hydrogen-bond acceptors (Lipinski definition) is 13. The summed E-state index contributed by atoms with van der Waals surface area (Å²) in [4.78, 5) is 13.8. The number of phenolic OH excluding ortho intramolecular Hbond substituents is 1. The first kappa shape index (κ1) is 27.3. The monoisotopic (exact) mass is 536 g/mol. The highest BCUT2D eigenvalue weighted by molar-refractivity contribution is 5.92. The summed E-state index contributed by atoms with van der Waals surface area (Å²) in [6.45, 7) is -0.717. The van der Waals surface area contributed by atoms with Crippen molar-refractivity contribution in [2.75, 3.05) is 35.0 Å². The van der Waals surface area contributed by atoms with Gasteiger partial charge in [-0.2, -0.15) is 0 Å². The second-order valence-electron chi connectivity index (χ2n) is 8.30. The molecule has 0 saturated carbocycles. The zero-order valence-electron chi connectivity index (χ0n) is 20.9. The molecule has 1 aliphatic rings. The number of rotatable bonds is 8. The first-order valence-electron chi connectivity index (χ1n) is 11.3. The molecule has 5 N–H and O–H groups in total. The van der Waals surface area contributed by atoms with Crippen LogP contribution in [0.5, 0.6) is 34.5 Å². The summed E-state index contributed by atoms with van der Waals surface area (Å²) in [5, 5.41) is 50.9. The molecule has 13 nitrogen and oxygen atoms in total. The van der Waals surface area contributed by atoms with Gasteiger partial charge in [0, 0.05) is 6.07 Å². The molecule has 0 spiro atoms. The van der Waals surface area contributed by atoms with Crippen molar-refractivity contribution >= 4 is 11.0 Å². The second-order valence-corrected chi connectivity index (χ2v) is 8.30. The van der Waals surface area contributed by atoms with Crippen molar-refractivity contribution in [1.29, 1.82) is 0 Å². The van der Waals surface area contributed by atoms with Crippen LogP contribution in [0.2, 0.25) is 0 Å². The summed E-state index contributed by atoms with van der Waals surface area (Å²) in [7, 11) is 5.43. The number of fused-ring (bicyclic) bond motifs is 1. The lowest BCUT2D eigenvalue weighted by molar-refractivity contribution is -0.277. The van der Waals surface area contributed by atoms with Gasteiger partial charge in [-0.25, -0.2) is 0 Å². The van der Waals surface area contributed by atoms with Crippen LogP contribution in [0, 0.1) is 0 Å². The fraction of sp³-hybridized carbons (Fsp3) is 0.400. The molecule has 0 amide bonds. The summed E-state index contributed by atoms with van der Waals surface area (Å²) in [5.41, 5.74) is -0.813. The standard InChI is InChI=1S/C25H28O13/c1-32-10-5-6-12(33-2)11(7-10)22-24(38-25-21(31)20(30)17(27)15(9-26)37-25)19(29)16-13(36-22)8-14(34-3)23(35-4)18(16)28/h5-8,15,17,20-21,25-28,30-31H,9H2,1-4H3. The van der Waals surface area contributed by atoms with E-state index >= 15 is 0 Å². The van der Waals surface area contributed by atoms with Crippen LogP contribution in [0.1, 0.15) is 0 Å². The van der Waals surface area contributed by atoms with E-state index in [-0.39, 0.29) is 39.5 Å². The number of methoxy groups -OCH3 is 4. The first-order valence-corrected chi connectivity index (χ1v) is 11.3. The van der Waals surface area contributed by atoms with Gasteiger partial charge in [0.25, 0.3) is 0 Å². The molecule has 4 rings (SSSR count). The minimum atomic E-state index is -1.83. The fourth-order valence-corrected chi connectivity index (χ4v) is 4.18. The normalized spacial score (nSPS) is 23.2. The molecule has 206 valence electrons. The summed E-state index contributed by atoms with van der Waals surface area (Å²) in [6, 6.07) is 6.01. The van der Waals surface area contributed by atoms with Gasteiger partial charge in [-0.05, 0) is 18.2 Å². The molecular weight excluding hydrogens is 508 g/mol. The van der Waals surface area contributed by atoms with Crippen molar-refractivity contribution in [2.45, 2.75) is 30.7 Å². The van der Waals surface area contributed by atoms with Crippen LogP contribution in [-0.2, 0) is 4.74 Å². The summed E-state index contributed by atoms with van der Waals surface area (Å²) >= 11 is 0. The van der Waals surface area contributed by atoms with Crippen LogP contribution >= 0.6 is 0 Å². The quantitative estimate of drug-likeness (QED) is 0.266. The van der Waals surface area contributed by atoms with Crippen LogP contribution < -0.4 is 29.1 Å². The Morgan fingerprint density at radius 3 is 2.18 bits per heavy atom. The van der Waals surface area contributed by atoms with Crippen molar-refractivity contribution in [3.63, 3.8) is 0 Å². The summed E-state index contributed by atoms with van der Waals surface area (Å²) in [6.07, 6.45) is -8.29. The lowest BCUT2D eigenvalue weighted by atomic mass is 9.99. The maximum absolute atomic E-state index is 13.8. The van der Waals surface area contributed by atoms with E-state index in [2.05, 4.69) is 0 Å². The molecular formula is C25H28O13. The maximum Gasteiger partial charge on any atom is 0.239 e. The van der Waals surface area contributed by atoms with Gasteiger partial charge >= 0.3 is 0 Å². The van der Waals surface area contributed by atoms with Crippen molar-refractivity contribution in [2.24, 2.45) is 0 Å². The predicted molar refractivity (Wildman–Crippen MR) is 130 cm³/mol. The smallest absolute Gasteiger partial charge is 0.239 e. The summed E-state index contributed by atoms with van der Waals surface area (Å²) in [5.74, 6) is -0.796. The number of phenols is 1. The van der Waals surface area contributed by atoms with Gasteiger partial charge in [-0.3, -0.25) is 4.79 Å². The highest BCUT2D eigenvalue weighted by Crippen LogP contribution is 2.45. The molecule has 0 bridgehead atoms. The van der Waals surface area contributed by atoms with Crippen LogP contribution in [-0.4, -0.2) is 91.3 Å². The van der Waals surface area contributed by atoms with E-state index < -0.39 is 54.2 Å². The number of hydrogen-bond donors (Lipinski definition) is 5. The number of ether oxygens (including phenoxy) is 6. The molecule has 0 aliphatic carbocycles. The van der Waals surface area contributed by atoms with Gasteiger partial charge in [-0.15, -0.1) is 0 Å². The highest BCUT2D eigenvalue weighted by Gasteiger charge is 2.45. The third-order valence-corrected chi connectivity index (χ3v) is 6.19. The largest absolute Gasteiger partial charge is 0.504 e. The van der Waals surface area contributed by atoms with Gasteiger partial charge in [-0.1, -0.05) is 0 Å². The van der Waals surface area contributed by atoms with Crippen molar-refractivity contribution in [3.05, 3.63) is 34.5 Å². The average Bonchev–Trinajstić information content (AvgIpc) is 2.93. The van der Waals surface area contributed by atoms with Crippen LogP contribution in [0.3, 0.4) is 0 Å². The molecule has 3 aromatic rings. The zero-order chi connectivity index (χ0) is 27.7. The molecule has 1 aromatic heterocycles. The molecule has 1 aliphatic heterocycles. The molecule has 1 saturated heterocycles. The predicted octanol–water partition coefficient (Wildman–Crippen LogP) is 0.379. The van der Waals surface area contributed by atoms with Crippen molar-refractivity contribution in [3.8, 4) is 45.8 Å². The zero-order valence-corrected chi connectivity index (χ0v) is 20.9. The van der Waals surface area contributed by atoms with Gasteiger partial charge in [0.1, 0.15) is 46.9 Å². The topological polar surface area (TPSA) is 187 Å². The van der Waals surface area contributed by atoms with E-state index in [4.69, 9.17) is 32.8 Å². The molecule has 2 aromatic carbocycles. The van der Waals surface area contributed by atoms with Crippen LogP contribution in [0.15, 0.2) is 33.5 Å². The molecule has 2 heterocycles. The molecule has 0 radical (unpaired) electrons. The van der Waals surface area contributed by atoms with Gasteiger partial charge in [0.2, 0.25) is 23.2 Å². The minimum absolute atomic E-state index is 0.0757. The number of benzene rings is 2. The van der Waals surface area contributed by atoms with Crippen LogP contribution in [0.25, 0.3) is 22.3 Å². The fourth-order valence-electron chi connectivity index (χ4n) is 4.18. The van der Waals surface area contributed by atoms with E-state index in [1.54, 1.807) is 12.1 Å². The third kappa shape index (κ3) is 4.54. The first-order chi connectivity index (χ1) is 18.2.